The van der Waals surface area contributed by atoms with Crippen molar-refractivity contribution in [1.29, 1.82) is 0 Å². The summed E-state index contributed by atoms with van der Waals surface area (Å²) >= 11 is 5.83. The molecule has 0 bridgehead atoms. The largest absolute Gasteiger partial charge is 0.394 e. The molecular formula is C15H20ClNO5S. The van der Waals surface area contributed by atoms with Crippen LogP contribution in [0, 0.1) is 0 Å². The molecule has 0 spiro atoms. The van der Waals surface area contributed by atoms with E-state index >= 15 is 0 Å². The van der Waals surface area contributed by atoms with Gasteiger partial charge < -0.3 is 14.7 Å². The van der Waals surface area contributed by atoms with Gasteiger partial charge in [-0.1, -0.05) is 11.6 Å². The van der Waals surface area contributed by atoms with Gasteiger partial charge in [0.25, 0.3) is 5.91 Å². The van der Waals surface area contributed by atoms with Crippen molar-refractivity contribution >= 4 is 27.3 Å². The molecule has 128 valence electrons. The van der Waals surface area contributed by atoms with Crippen molar-refractivity contribution in [1.82, 2.24) is 4.90 Å². The lowest BCUT2D eigenvalue weighted by Gasteiger charge is -2.28. The fourth-order valence-electron chi connectivity index (χ4n) is 2.56. The summed E-state index contributed by atoms with van der Waals surface area (Å²) in [6.45, 7) is 0.618. The minimum Gasteiger partial charge on any atom is -0.394 e. The van der Waals surface area contributed by atoms with Crippen LogP contribution in [-0.4, -0.2) is 68.2 Å². The zero-order valence-corrected chi connectivity index (χ0v) is 14.2. The molecule has 1 amide bonds. The lowest BCUT2D eigenvalue weighted by molar-refractivity contribution is 0.0496. The zero-order chi connectivity index (χ0) is 16.9. The van der Waals surface area contributed by atoms with Gasteiger partial charge in [-0.3, -0.25) is 4.79 Å². The van der Waals surface area contributed by atoms with Crippen LogP contribution in [0.3, 0.4) is 0 Å². The van der Waals surface area contributed by atoms with Crippen molar-refractivity contribution in [2.75, 3.05) is 37.9 Å². The van der Waals surface area contributed by atoms with E-state index in [1.54, 1.807) is 29.2 Å². The topological polar surface area (TPSA) is 83.9 Å². The van der Waals surface area contributed by atoms with Gasteiger partial charge in [-0.05, 0) is 30.7 Å². The number of hydrogen-bond donors (Lipinski definition) is 1. The van der Waals surface area contributed by atoms with Crippen molar-refractivity contribution in [3.05, 3.63) is 34.9 Å². The number of aliphatic hydroxyl groups excluding tert-OH is 1. The third-order valence-electron chi connectivity index (χ3n) is 3.71. The summed E-state index contributed by atoms with van der Waals surface area (Å²) in [5.74, 6) is -0.164. The third kappa shape index (κ3) is 5.17. The maximum absolute atomic E-state index is 12.7. The van der Waals surface area contributed by atoms with E-state index in [0.717, 1.165) is 0 Å². The van der Waals surface area contributed by atoms with Crippen molar-refractivity contribution in [2.45, 2.75) is 12.5 Å². The van der Waals surface area contributed by atoms with Crippen LogP contribution in [0.1, 0.15) is 16.8 Å². The second-order valence-corrected chi connectivity index (χ2v) is 8.06. The van der Waals surface area contributed by atoms with Crippen LogP contribution < -0.4 is 0 Å². The molecule has 0 aromatic heterocycles. The van der Waals surface area contributed by atoms with Crippen LogP contribution in [0.5, 0.6) is 0 Å². The zero-order valence-electron chi connectivity index (χ0n) is 12.7. The molecule has 0 radical (unpaired) electrons. The number of ether oxygens (including phenoxy) is 1. The minimum absolute atomic E-state index is 0.0215. The summed E-state index contributed by atoms with van der Waals surface area (Å²) in [4.78, 5) is 14.2. The molecule has 1 N–H and O–H groups in total. The molecule has 2 rings (SSSR count). The van der Waals surface area contributed by atoms with Crippen molar-refractivity contribution in [2.24, 2.45) is 0 Å². The highest BCUT2D eigenvalue weighted by Crippen LogP contribution is 2.20. The maximum atomic E-state index is 12.7. The summed E-state index contributed by atoms with van der Waals surface area (Å²) in [6.07, 6.45) is 0.432. The van der Waals surface area contributed by atoms with Gasteiger partial charge >= 0.3 is 0 Å². The fourth-order valence-corrected chi connectivity index (χ4v) is 4.42. The molecule has 8 heteroatoms. The molecule has 0 saturated carbocycles. The summed E-state index contributed by atoms with van der Waals surface area (Å²) in [6, 6.07) is 6.15. The van der Waals surface area contributed by atoms with E-state index < -0.39 is 9.84 Å². The molecule has 1 aromatic rings. The average Bonchev–Trinajstić information content (AvgIpc) is 2.87. The van der Waals surface area contributed by atoms with Gasteiger partial charge in [-0.25, -0.2) is 8.42 Å². The van der Waals surface area contributed by atoms with E-state index in [4.69, 9.17) is 21.4 Å². The lowest BCUT2D eigenvalue weighted by Crippen LogP contribution is -2.43. The average molecular weight is 362 g/mol. The first kappa shape index (κ1) is 18.2. The molecule has 1 aliphatic heterocycles. The molecule has 23 heavy (non-hydrogen) atoms. The second-order valence-electron chi connectivity index (χ2n) is 5.40. The quantitative estimate of drug-likeness (QED) is 0.732. The minimum atomic E-state index is -3.09. The predicted octanol–water partition coefficient (Wildman–Crippen LogP) is 0.978. The van der Waals surface area contributed by atoms with Crippen LogP contribution >= 0.6 is 11.6 Å². The molecule has 1 saturated heterocycles. The Morgan fingerprint density at radius 1 is 1.30 bits per heavy atom. The van der Waals surface area contributed by atoms with Gasteiger partial charge in [0.1, 0.15) is 0 Å². The van der Waals surface area contributed by atoms with Crippen LogP contribution in [0.15, 0.2) is 24.3 Å². The lowest BCUT2D eigenvalue weighted by atomic mass is 10.1. The van der Waals surface area contributed by atoms with Gasteiger partial charge in [0, 0.05) is 23.2 Å². The standard InChI is InChI=1S/C15H20ClNO5S/c16-13-3-1-12(2-4-13)15(19)17(6-8-22-9-7-18)14-5-10-23(20,21)11-14/h1-4,14,18H,5-11H2/t14-/m0/s1. The summed E-state index contributed by atoms with van der Waals surface area (Å²) < 4.78 is 28.6. The SMILES string of the molecule is O=C(c1ccc(Cl)cc1)N(CCOCCO)[C@H]1CCS(=O)(=O)C1. The van der Waals surface area contributed by atoms with Gasteiger partial charge in [0.2, 0.25) is 0 Å². The number of benzene rings is 1. The van der Waals surface area contributed by atoms with Crippen LogP contribution in [0.2, 0.25) is 5.02 Å². The molecule has 1 aliphatic rings. The highest BCUT2D eigenvalue weighted by atomic mass is 35.5. The van der Waals surface area contributed by atoms with Gasteiger partial charge in [-0.15, -0.1) is 0 Å². The van der Waals surface area contributed by atoms with Crippen molar-refractivity contribution < 1.29 is 23.1 Å². The molecule has 0 unspecified atom stereocenters. The highest BCUT2D eigenvalue weighted by Gasteiger charge is 2.34. The number of carbonyl (C=O) groups excluding carboxylic acids is 1. The number of rotatable bonds is 7. The number of sulfone groups is 1. The van der Waals surface area contributed by atoms with Crippen LogP contribution in [-0.2, 0) is 14.6 Å². The molecular weight excluding hydrogens is 342 g/mol. The smallest absolute Gasteiger partial charge is 0.254 e. The first-order chi connectivity index (χ1) is 10.9. The van der Waals surface area contributed by atoms with E-state index in [-0.39, 0.29) is 49.8 Å². The molecule has 1 heterocycles. The Morgan fingerprint density at radius 2 is 2.00 bits per heavy atom. The Labute approximate surface area is 140 Å². The number of halogens is 1. The first-order valence-electron chi connectivity index (χ1n) is 7.38. The molecule has 0 aliphatic carbocycles. The monoisotopic (exact) mass is 361 g/mol. The summed E-state index contributed by atoms with van der Waals surface area (Å²) in [5, 5.41) is 9.26. The van der Waals surface area contributed by atoms with E-state index in [1.165, 1.54) is 0 Å². The normalized spacial score (nSPS) is 19.7. The van der Waals surface area contributed by atoms with Crippen LogP contribution in [0.25, 0.3) is 0 Å². The molecule has 6 nitrogen and oxygen atoms in total. The third-order valence-corrected chi connectivity index (χ3v) is 5.72. The predicted molar refractivity (Wildman–Crippen MR) is 87.5 cm³/mol. The Kier molecular flexibility index (Phi) is 6.41. The molecule has 1 atom stereocenters. The molecule has 1 aromatic carbocycles. The first-order valence-corrected chi connectivity index (χ1v) is 9.58. The van der Waals surface area contributed by atoms with Gasteiger partial charge in [-0.2, -0.15) is 0 Å². The number of carbonyl (C=O) groups is 1. The highest BCUT2D eigenvalue weighted by molar-refractivity contribution is 7.91. The Balaban J connectivity index is 2.11. The van der Waals surface area contributed by atoms with E-state index in [1.807, 2.05) is 0 Å². The Morgan fingerprint density at radius 3 is 2.57 bits per heavy atom. The van der Waals surface area contributed by atoms with Crippen molar-refractivity contribution in [3.63, 3.8) is 0 Å². The van der Waals surface area contributed by atoms with Crippen LogP contribution in [0.4, 0.5) is 0 Å². The van der Waals surface area contributed by atoms with E-state index in [2.05, 4.69) is 0 Å². The number of hydrogen-bond acceptors (Lipinski definition) is 5. The summed E-state index contributed by atoms with van der Waals surface area (Å²) in [7, 11) is -3.09. The number of aliphatic hydroxyl groups is 1. The molecule has 1 fully saturated rings. The maximum Gasteiger partial charge on any atom is 0.254 e. The Hall–Kier alpha value is -1.15. The Bertz CT molecular complexity index is 632. The fraction of sp³-hybridized carbons (Fsp3) is 0.533. The van der Waals surface area contributed by atoms with Crippen molar-refractivity contribution in [3.8, 4) is 0 Å². The number of nitrogens with zero attached hydrogens (tertiary/aromatic N) is 1. The van der Waals surface area contributed by atoms with E-state index in [0.29, 0.717) is 17.0 Å². The van der Waals surface area contributed by atoms with E-state index in [9.17, 15) is 13.2 Å². The second kappa shape index (κ2) is 8.10. The number of amides is 1. The van der Waals surface area contributed by atoms with Gasteiger partial charge in [0.05, 0.1) is 31.3 Å². The summed E-state index contributed by atoms with van der Waals surface area (Å²) in [5.41, 5.74) is 0.459. The van der Waals surface area contributed by atoms with Gasteiger partial charge in [0.15, 0.2) is 9.84 Å².